The highest BCUT2D eigenvalue weighted by molar-refractivity contribution is 7.89. The molecule has 3 N–H and O–H groups in total. The minimum atomic E-state index is -3.53. The minimum absolute atomic E-state index is 0.171. The Morgan fingerprint density at radius 2 is 2.05 bits per heavy atom. The van der Waals surface area contributed by atoms with Crippen molar-refractivity contribution < 1.29 is 8.42 Å². The van der Waals surface area contributed by atoms with Gasteiger partial charge >= 0.3 is 0 Å². The van der Waals surface area contributed by atoms with Crippen LogP contribution in [0.15, 0.2) is 15.1 Å². The topological polar surface area (TPSA) is 87.8 Å². The van der Waals surface area contributed by atoms with Crippen molar-refractivity contribution in [2.45, 2.75) is 20.3 Å². The molecule has 1 fully saturated rings. The van der Waals surface area contributed by atoms with Crippen LogP contribution in [0.4, 0.5) is 0 Å². The van der Waals surface area contributed by atoms with E-state index in [1.165, 1.54) is 0 Å². The van der Waals surface area contributed by atoms with Gasteiger partial charge in [0.05, 0.1) is 6.26 Å². The van der Waals surface area contributed by atoms with Crippen molar-refractivity contribution in [3.63, 3.8) is 0 Å². The van der Waals surface area contributed by atoms with E-state index in [0.29, 0.717) is 12.2 Å². The highest BCUT2D eigenvalue weighted by Gasteiger charge is 2.15. The van der Waals surface area contributed by atoms with Gasteiger partial charge in [0, 0.05) is 18.8 Å². The number of nitrogens with two attached hydrogens (primary N) is 1. The third kappa shape index (κ3) is 7.39. The lowest BCUT2D eigenvalue weighted by atomic mass is 10.3. The van der Waals surface area contributed by atoms with Gasteiger partial charge in [-0.1, -0.05) is 25.4 Å². The van der Waals surface area contributed by atoms with Crippen molar-refractivity contribution in [1.82, 2.24) is 10.2 Å². The Balaban J connectivity index is 0.00000154. The van der Waals surface area contributed by atoms with Crippen molar-refractivity contribution in [3.05, 3.63) is 10.7 Å². The Morgan fingerprint density at radius 3 is 2.58 bits per heavy atom. The lowest BCUT2D eigenvalue weighted by molar-refractivity contribution is 0.373. The number of sulfonamides is 1. The second-order valence-corrected chi connectivity index (χ2v) is 6.05. The number of halogens is 1. The number of nitrogens with one attached hydrogen (secondary N) is 1. The Labute approximate surface area is 120 Å². The fraction of sp³-hybridized carbons (Fsp3) is 0.727. The van der Waals surface area contributed by atoms with E-state index in [2.05, 4.69) is 14.6 Å². The van der Waals surface area contributed by atoms with Crippen LogP contribution in [0.1, 0.15) is 20.3 Å². The fourth-order valence-electron chi connectivity index (χ4n) is 1.51. The molecule has 0 aromatic rings. The number of likely N-dealkylation sites (N-methyl/N-ethyl adjacent to an activating group) is 1. The van der Waals surface area contributed by atoms with E-state index in [1.54, 1.807) is 0 Å². The smallest absolute Gasteiger partial charge is 0.252 e. The van der Waals surface area contributed by atoms with Gasteiger partial charge in [-0.3, -0.25) is 0 Å². The molecule has 19 heavy (non-hydrogen) atoms. The molecule has 0 radical (unpaired) electrons. The lowest BCUT2D eigenvalue weighted by Gasteiger charge is -2.15. The first-order valence-corrected chi connectivity index (χ1v) is 8.39. The summed E-state index contributed by atoms with van der Waals surface area (Å²) in [5, 5.41) is 3.30. The standard InChI is InChI=1S/C9H17ClN4O2S.C2H6/c1-14-5-3-4-12-7(6-14)8(10)9(11)13-17(2,15)16;1-2/h12H,3-6H2,1-2H3,(H2,11,13);1-2H3/b8-7+;. The molecule has 0 saturated carbocycles. The monoisotopic (exact) mass is 310 g/mol. The Hall–Kier alpha value is -0.790. The van der Waals surface area contributed by atoms with Crippen LogP contribution >= 0.6 is 11.6 Å². The highest BCUT2D eigenvalue weighted by atomic mass is 35.5. The molecule has 112 valence electrons. The average molecular weight is 311 g/mol. The molecule has 1 aliphatic rings. The molecule has 1 rings (SSSR count). The zero-order valence-corrected chi connectivity index (χ0v) is 13.5. The zero-order valence-electron chi connectivity index (χ0n) is 11.9. The Kier molecular flexibility index (Phi) is 8.05. The quantitative estimate of drug-likeness (QED) is 0.579. The number of nitrogens with zero attached hydrogens (tertiary/aromatic N) is 2. The fourth-order valence-corrected chi connectivity index (χ4v) is 2.18. The predicted molar refractivity (Wildman–Crippen MR) is 80.8 cm³/mol. The van der Waals surface area contributed by atoms with E-state index in [1.807, 2.05) is 20.9 Å². The maximum Gasteiger partial charge on any atom is 0.252 e. The van der Waals surface area contributed by atoms with Crippen LogP contribution in [0.5, 0.6) is 0 Å². The van der Waals surface area contributed by atoms with Crippen LogP contribution in [0.25, 0.3) is 0 Å². The molecule has 0 aromatic carbocycles. The third-order valence-electron chi connectivity index (χ3n) is 2.24. The first-order chi connectivity index (χ1) is 8.79. The van der Waals surface area contributed by atoms with Gasteiger partial charge in [-0.15, -0.1) is 4.40 Å². The van der Waals surface area contributed by atoms with Crippen LogP contribution in [0.2, 0.25) is 0 Å². The van der Waals surface area contributed by atoms with Crippen LogP contribution in [0, 0.1) is 0 Å². The summed E-state index contributed by atoms with van der Waals surface area (Å²) in [5.41, 5.74) is 6.26. The predicted octanol–water partition coefficient (Wildman–Crippen LogP) is 0.705. The average Bonchev–Trinajstić information content (AvgIpc) is 2.53. The number of rotatable bonds is 2. The van der Waals surface area contributed by atoms with E-state index in [9.17, 15) is 8.42 Å². The highest BCUT2D eigenvalue weighted by Crippen LogP contribution is 2.12. The van der Waals surface area contributed by atoms with E-state index in [4.69, 9.17) is 17.3 Å². The summed E-state index contributed by atoms with van der Waals surface area (Å²) >= 11 is 6.02. The second kappa shape index (κ2) is 8.39. The largest absolute Gasteiger partial charge is 0.386 e. The van der Waals surface area contributed by atoms with E-state index in [-0.39, 0.29) is 10.9 Å². The first kappa shape index (κ1) is 18.2. The van der Waals surface area contributed by atoms with E-state index >= 15 is 0 Å². The molecule has 0 bridgehead atoms. The first-order valence-electron chi connectivity index (χ1n) is 6.16. The Bertz CT molecular complexity index is 446. The van der Waals surface area contributed by atoms with Gasteiger partial charge in [-0.05, 0) is 20.0 Å². The summed E-state index contributed by atoms with van der Waals surface area (Å²) in [6, 6.07) is 0. The molecule has 0 spiro atoms. The molecule has 1 heterocycles. The molecule has 1 saturated heterocycles. The van der Waals surface area contributed by atoms with Crippen molar-refractivity contribution in [1.29, 1.82) is 0 Å². The summed E-state index contributed by atoms with van der Waals surface area (Å²) in [6.07, 6.45) is 1.97. The number of hydrogen-bond acceptors (Lipinski definition) is 4. The van der Waals surface area contributed by atoms with Gasteiger partial charge in [-0.25, -0.2) is 8.42 Å². The van der Waals surface area contributed by atoms with E-state index in [0.717, 1.165) is 25.8 Å². The van der Waals surface area contributed by atoms with Crippen LogP contribution in [-0.2, 0) is 10.0 Å². The molecule has 8 heteroatoms. The maximum atomic E-state index is 11.0. The summed E-state index contributed by atoms with van der Waals surface area (Å²) in [5.74, 6) is -0.174. The summed E-state index contributed by atoms with van der Waals surface area (Å²) in [7, 11) is -1.57. The van der Waals surface area contributed by atoms with Gasteiger partial charge < -0.3 is 16.0 Å². The summed E-state index contributed by atoms with van der Waals surface area (Å²) in [6.45, 7) is 6.32. The van der Waals surface area contributed by atoms with Gasteiger partial charge in [0.1, 0.15) is 5.03 Å². The van der Waals surface area contributed by atoms with E-state index < -0.39 is 10.0 Å². The number of amidine groups is 1. The maximum absolute atomic E-state index is 11.0. The molecular formula is C11H23ClN4O2S. The molecule has 0 unspecified atom stereocenters. The van der Waals surface area contributed by atoms with Gasteiger partial charge in [0.15, 0.2) is 5.84 Å². The number of hydrogen-bond donors (Lipinski definition) is 2. The van der Waals surface area contributed by atoms with Crippen molar-refractivity contribution in [2.24, 2.45) is 10.1 Å². The SMILES string of the molecule is CC.CN1CCCN/C(=C(Cl)\C(N)=N\S(C)(=O)=O)C1. The third-order valence-corrected chi connectivity index (χ3v) is 3.19. The molecule has 1 aliphatic heterocycles. The molecule has 0 amide bonds. The normalized spacial score (nSPS) is 20.8. The molecule has 0 atom stereocenters. The second-order valence-electron chi connectivity index (χ2n) is 4.02. The molecule has 0 aromatic heterocycles. The lowest BCUT2D eigenvalue weighted by Crippen LogP contribution is -2.26. The van der Waals surface area contributed by atoms with Crippen molar-refractivity contribution in [3.8, 4) is 0 Å². The summed E-state index contributed by atoms with van der Waals surface area (Å²) in [4.78, 5) is 2.07. The van der Waals surface area contributed by atoms with Crippen LogP contribution < -0.4 is 11.1 Å². The van der Waals surface area contributed by atoms with Crippen LogP contribution in [0.3, 0.4) is 0 Å². The van der Waals surface area contributed by atoms with Crippen molar-refractivity contribution >= 4 is 27.5 Å². The Morgan fingerprint density at radius 1 is 1.47 bits per heavy atom. The molecular weight excluding hydrogens is 288 g/mol. The van der Waals surface area contributed by atoms with Crippen molar-refractivity contribution in [2.75, 3.05) is 32.9 Å². The van der Waals surface area contributed by atoms with Gasteiger partial charge in [0.25, 0.3) is 10.0 Å². The molecule has 6 nitrogen and oxygen atoms in total. The van der Waals surface area contributed by atoms with Gasteiger partial charge in [0.2, 0.25) is 0 Å². The van der Waals surface area contributed by atoms with Gasteiger partial charge in [-0.2, -0.15) is 0 Å². The summed E-state index contributed by atoms with van der Waals surface area (Å²) < 4.78 is 25.3. The zero-order chi connectivity index (χ0) is 15.1. The molecule has 0 aliphatic carbocycles. The minimum Gasteiger partial charge on any atom is -0.386 e. The van der Waals surface area contributed by atoms with Crippen LogP contribution in [-0.4, -0.2) is 52.1 Å².